The van der Waals surface area contributed by atoms with Gasteiger partial charge in [-0.1, -0.05) is 25.7 Å². The Kier molecular flexibility index (Phi) is 8.06. The SMILES string of the molecule is CCOC(=O)Cc1ncc(C#Cc2ccc3c(c2)C(SCC)(SCC)CCO3)cn1. The van der Waals surface area contributed by atoms with Crippen LogP contribution < -0.4 is 4.74 Å². The summed E-state index contributed by atoms with van der Waals surface area (Å²) in [6, 6.07) is 6.17. The monoisotopic (exact) mass is 442 g/mol. The van der Waals surface area contributed by atoms with Crippen LogP contribution in [0, 0.1) is 11.8 Å². The van der Waals surface area contributed by atoms with Gasteiger partial charge in [0, 0.05) is 29.9 Å². The van der Waals surface area contributed by atoms with Crippen molar-refractivity contribution in [1.82, 2.24) is 9.97 Å². The van der Waals surface area contributed by atoms with Crippen LogP contribution in [-0.2, 0) is 20.0 Å². The van der Waals surface area contributed by atoms with Crippen LogP contribution in [0.1, 0.15) is 49.7 Å². The summed E-state index contributed by atoms with van der Waals surface area (Å²) in [7, 11) is 0. The standard InChI is InChI=1S/C23H26N2O3S2/c1-4-27-22(26)14-21-24-15-18(16-25-21)8-7-17-9-10-20-19(13-17)23(29-5-2,30-6-3)11-12-28-20/h9-10,13,15-16H,4-6,11-12,14H2,1-3H3. The predicted octanol–water partition coefficient (Wildman–Crippen LogP) is 4.42. The Morgan fingerprint density at radius 1 is 1.13 bits per heavy atom. The largest absolute Gasteiger partial charge is 0.493 e. The Labute approximate surface area is 186 Å². The van der Waals surface area contributed by atoms with Gasteiger partial charge in [0.05, 0.1) is 22.9 Å². The van der Waals surface area contributed by atoms with Crippen LogP contribution in [-0.4, -0.2) is 40.7 Å². The summed E-state index contributed by atoms with van der Waals surface area (Å²) in [4.78, 5) is 20.0. The van der Waals surface area contributed by atoms with Gasteiger partial charge < -0.3 is 9.47 Å². The third-order valence-corrected chi connectivity index (χ3v) is 7.56. The number of ether oxygens (including phenoxy) is 2. The third kappa shape index (κ3) is 5.50. The number of benzene rings is 1. The normalized spacial score (nSPS) is 14.1. The summed E-state index contributed by atoms with van der Waals surface area (Å²) in [6.45, 7) is 7.27. The molecule has 0 radical (unpaired) electrons. The van der Waals surface area contributed by atoms with E-state index in [4.69, 9.17) is 9.47 Å². The molecular weight excluding hydrogens is 416 g/mol. The first kappa shape index (κ1) is 22.5. The van der Waals surface area contributed by atoms with Gasteiger partial charge in [-0.2, -0.15) is 0 Å². The fourth-order valence-electron chi connectivity index (χ4n) is 3.27. The van der Waals surface area contributed by atoms with Crippen molar-refractivity contribution in [1.29, 1.82) is 0 Å². The molecule has 1 aliphatic heterocycles. The second-order valence-corrected chi connectivity index (χ2v) is 9.93. The van der Waals surface area contributed by atoms with Crippen molar-refractivity contribution in [3.8, 4) is 17.6 Å². The van der Waals surface area contributed by atoms with Crippen LogP contribution in [0.3, 0.4) is 0 Å². The van der Waals surface area contributed by atoms with Crippen LogP contribution >= 0.6 is 23.5 Å². The van der Waals surface area contributed by atoms with Gasteiger partial charge in [-0.05, 0) is 36.6 Å². The molecule has 0 N–H and O–H groups in total. The Hall–Kier alpha value is -2.17. The van der Waals surface area contributed by atoms with E-state index in [0.29, 0.717) is 18.0 Å². The topological polar surface area (TPSA) is 61.3 Å². The predicted molar refractivity (Wildman–Crippen MR) is 123 cm³/mol. The maximum Gasteiger partial charge on any atom is 0.313 e. The van der Waals surface area contributed by atoms with E-state index in [0.717, 1.165) is 35.8 Å². The van der Waals surface area contributed by atoms with E-state index in [9.17, 15) is 4.79 Å². The smallest absolute Gasteiger partial charge is 0.313 e. The van der Waals surface area contributed by atoms with Gasteiger partial charge in [0.25, 0.3) is 0 Å². The summed E-state index contributed by atoms with van der Waals surface area (Å²) < 4.78 is 10.9. The van der Waals surface area contributed by atoms with Crippen molar-refractivity contribution in [2.24, 2.45) is 0 Å². The summed E-state index contributed by atoms with van der Waals surface area (Å²) in [5, 5.41) is 0. The van der Waals surface area contributed by atoms with Crippen LogP contribution in [0.5, 0.6) is 5.75 Å². The molecule has 1 aliphatic rings. The maximum atomic E-state index is 11.5. The van der Waals surface area contributed by atoms with Gasteiger partial charge in [0.2, 0.25) is 0 Å². The molecule has 3 rings (SSSR count). The fraction of sp³-hybridized carbons (Fsp3) is 0.435. The van der Waals surface area contributed by atoms with Crippen molar-refractivity contribution in [2.45, 2.75) is 37.7 Å². The molecule has 0 saturated carbocycles. The number of rotatable bonds is 7. The molecule has 0 fully saturated rings. The minimum Gasteiger partial charge on any atom is -0.493 e. The molecule has 158 valence electrons. The number of esters is 1. The maximum absolute atomic E-state index is 11.5. The average molecular weight is 443 g/mol. The minimum atomic E-state index is -0.328. The Morgan fingerprint density at radius 3 is 2.50 bits per heavy atom. The summed E-state index contributed by atoms with van der Waals surface area (Å²) in [5.74, 6) is 9.51. The van der Waals surface area contributed by atoms with Gasteiger partial charge in [-0.25, -0.2) is 9.97 Å². The first-order chi connectivity index (χ1) is 14.6. The van der Waals surface area contributed by atoms with Crippen molar-refractivity contribution in [3.63, 3.8) is 0 Å². The van der Waals surface area contributed by atoms with Crippen molar-refractivity contribution in [3.05, 3.63) is 53.1 Å². The van der Waals surface area contributed by atoms with E-state index in [1.807, 2.05) is 35.7 Å². The molecular formula is C23H26N2O3S2. The quantitative estimate of drug-likeness (QED) is 0.357. The van der Waals surface area contributed by atoms with Crippen molar-refractivity contribution in [2.75, 3.05) is 24.7 Å². The highest BCUT2D eigenvalue weighted by Gasteiger charge is 2.38. The number of hydrogen-bond donors (Lipinski definition) is 0. The molecule has 5 nitrogen and oxygen atoms in total. The molecule has 2 heterocycles. The second-order valence-electron chi connectivity index (χ2n) is 6.55. The zero-order chi connectivity index (χ0) is 21.4. The number of aromatic nitrogens is 2. The van der Waals surface area contributed by atoms with Gasteiger partial charge in [-0.15, -0.1) is 23.5 Å². The number of nitrogens with zero attached hydrogens (tertiary/aromatic N) is 2. The lowest BCUT2D eigenvalue weighted by atomic mass is 10.0. The van der Waals surface area contributed by atoms with Crippen LogP contribution in [0.4, 0.5) is 0 Å². The molecule has 1 aromatic heterocycles. The molecule has 2 aromatic rings. The van der Waals surface area contributed by atoms with Gasteiger partial charge >= 0.3 is 5.97 Å². The second kappa shape index (κ2) is 10.7. The van der Waals surface area contributed by atoms with E-state index in [1.165, 1.54) is 5.56 Å². The first-order valence-corrected chi connectivity index (χ1v) is 12.1. The number of fused-ring (bicyclic) bond motifs is 1. The number of carbonyl (C=O) groups excluding carboxylic acids is 1. The Bertz CT molecular complexity index is 930. The van der Waals surface area contributed by atoms with Crippen LogP contribution in [0.2, 0.25) is 0 Å². The summed E-state index contributed by atoms with van der Waals surface area (Å²) in [6.07, 6.45) is 4.34. The number of thioether (sulfide) groups is 2. The molecule has 0 amide bonds. The summed E-state index contributed by atoms with van der Waals surface area (Å²) >= 11 is 3.95. The third-order valence-electron chi connectivity index (χ3n) is 4.50. The van der Waals surface area contributed by atoms with Crippen molar-refractivity contribution < 1.29 is 14.3 Å². The van der Waals surface area contributed by atoms with Crippen molar-refractivity contribution >= 4 is 29.5 Å². The van der Waals surface area contributed by atoms with Gasteiger partial charge in [0.15, 0.2) is 0 Å². The lowest BCUT2D eigenvalue weighted by Crippen LogP contribution is -2.27. The molecule has 0 saturated heterocycles. The van der Waals surface area contributed by atoms with Crippen LogP contribution in [0.25, 0.3) is 0 Å². The van der Waals surface area contributed by atoms with E-state index < -0.39 is 0 Å². The van der Waals surface area contributed by atoms with E-state index in [-0.39, 0.29) is 16.5 Å². The zero-order valence-electron chi connectivity index (χ0n) is 17.6. The fourth-order valence-corrected chi connectivity index (χ4v) is 6.32. The molecule has 0 unspecified atom stereocenters. The highest BCUT2D eigenvalue weighted by Crippen LogP contribution is 2.54. The molecule has 0 atom stereocenters. The van der Waals surface area contributed by atoms with E-state index >= 15 is 0 Å². The van der Waals surface area contributed by atoms with Crippen LogP contribution in [0.15, 0.2) is 30.6 Å². The molecule has 0 aliphatic carbocycles. The summed E-state index contributed by atoms with van der Waals surface area (Å²) in [5.41, 5.74) is 2.86. The highest BCUT2D eigenvalue weighted by atomic mass is 32.2. The molecule has 30 heavy (non-hydrogen) atoms. The average Bonchev–Trinajstić information content (AvgIpc) is 2.74. The lowest BCUT2D eigenvalue weighted by Gasteiger charge is -2.37. The molecule has 7 heteroatoms. The first-order valence-electron chi connectivity index (χ1n) is 10.1. The van der Waals surface area contributed by atoms with E-state index in [1.54, 1.807) is 19.3 Å². The lowest BCUT2D eigenvalue weighted by molar-refractivity contribution is -0.142. The number of hydrogen-bond acceptors (Lipinski definition) is 7. The highest BCUT2D eigenvalue weighted by molar-refractivity contribution is 8.17. The molecule has 0 bridgehead atoms. The Morgan fingerprint density at radius 2 is 1.83 bits per heavy atom. The molecule has 1 aromatic carbocycles. The molecule has 0 spiro atoms. The minimum absolute atomic E-state index is 0.0205. The van der Waals surface area contributed by atoms with Gasteiger partial charge in [0.1, 0.15) is 18.0 Å². The van der Waals surface area contributed by atoms with Gasteiger partial charge in [-0.3, -0.25) is 4.79 Å². The van der Waals surface area contributed by atoms with E-state index in [2.05, 4.69) is 41.7 Å². The Balaban J connectivity index is 1.80. The number of carbonyl (C=O) groups is 1. The zero-order valence-corrected chi connectivity index (χ0v) is 19.2.